The van der Waals surface area contributed by atoms with Gasteiger partial charge in [-0.1, -0.05) is 39.7 Å². The number of nitrogens with zero attached hydrogens (tertiary/aromatic N) is 1. The number of rotatable bonds is 3. The Morgan fingerprint density at radius 3 is 2.74 bits per heavy atom. The van der Waals surface area contributed by atoms with E-state index in [1.807, 2.05) is 6.92 Å². The van der Waals surface area contributed by atoms with Gasteiger partial charge >= 0.3 is 0 Å². The first-order chi connectivity index (χ1) is 9.10. The second-order valence-corrected chi connectivity index (χ2v) is 5.53. The molecule has 96 valence electrons. The highest BCUT2D eigenvalue weighted by atomic mass is 79.9. The second kappa shape index (κ2) is 6.10. The van der Waals surface area contributed by atoms with Gasteiger partial charge < -0.3 is 5.32 Å². The Bertz CT molecular complexity index is 647. The fraction of sp³-hybridized carbons (Fsp3) is 0.133. The number of aryl methyl sites for hydroxylation is 1. The van der Waals surface area contributed by atoms with E-state index in [4.69, 9.17) is 16.9 Å². The maximum Gasteiger partial charge on any atom is 0.101 e. The molecule has 1 N–H and O–H groups in total. The third-order valence-corrected chi connectivity index (χ3v) is 3.91. The Hall–Kier alpha value is -1.50. The first-order valence-corrected chi connectivity index (χ1v) is 6.96. The normalized spacial score (nSPS) is 10.0. The molecule has 0 saturated heterocycles. The van der Waals surface area contributed by atoms with Crippen LogP contribution in [0.4, 0.5) is 5.69 Å². The van der Waals surface area contributed by atoms with Gasteiger partial charge in [0.2, 0.25) is 0 Å². The molecule has 0 saturated carbocycles. The molecule has 0 radical (unpaired) electrons. The Kier molecular flexibility index (Phi) is 4.47. The number of nitrogens with one attached hydrogen (secondary N) is 1. The highest BCUT2D eigenvalue weighted by Gasteiger charge is 2.03. The molecule has 2 aromatic carbocycles. The van der Waals surface area contributed by atoms with Gasteiger partial charge in [-0.2, -0.15) is 5.26 Å². The lowest BCUT2D eigenvalue weighted by Crippen LogP contribution is -2.01. The summed E-state index contributed by atoms with van der Waals surface area (Å²) in [6, 6.07) is 13.5. The zero-order valence-electron chi connectivity index (χ0n) is 10.4. The lowest BCUT2D eigenvalue weighted by Gasteiger charge is -2.09. The molecule has 0 aliphatic heterocycles. The van der Waals surface area contributed by atoms with E-state index in [-0.39, 0.29) is 0 Å². The van der Waals surface area contributed by atoms with Crippen molar-refractivity contribution in [2.75, 3.05) is 5.32 Å². The minimum atomic E-state index is 0.593. The summed E-state index contributed by atoms with van der Waals surface area (Å²) >= 11 is 9.46. The molecule has 2 rings (SSSR count). The van der Waals surface area contributed by atoms with E-state index in [0.29, 0.717) is 17.1 Å². The monoisotopic (exact) mass is 334 g/mol. The standard InChI is InChI=1S/C15H12BrClN2/c1-10-2-3-11(6-14(10)16)9-19-15-7-13(17)5-4-12(15)8-18/h2-7,19H,9H2,1H3. The van der Waals surface area contributed by atoms with Crippen molar-refractivity contribution in [1.29, 1.82) is 5.26 Å². The van der Waals surface area contributed by atoms with Gasteiger partial charge in [-0.25, -0.2) is 0 Å². The summed E-state index contributed by atoms with van der Waals surface area (Å²) < 4.78 is 1.08. The number of anilines is 1. The average molecular weight is 336 g/mol. The lowest BCUT2D eigenvalue weighted by molar-refractivity contribution is 1.14. The van der Waals surface area contributed by atoms with E-state index in [2.05, 4.69) is 45.5 Å². The van der Waals surface area contributed by atoms with Crippen molar-refractivity contribution in [3.8, 4) is 6.07 Å². The van der Waals surface area contributed by atoms with E-state index in [9.17, 15) is 0 Å². The van der Waals surface area contributed by atoms with Crippen LogP contribution in [0.25, 0.3) is 0 Å². The van der Waals surface area contributed by atoms with Crippen molar-refractivity contribution in [3.63, 3.8) is 0 Å². The fourth-order valence-electron chi connectivity index (χ4n) is 1.70. The Balaban J connectivity index is 2.16. The van der Waals surface area contributed by atoms with E-state index in [1.165, 1.54) is 5.56 Å². The Morgan fingerprint density at radius 2 is 2.05 bits per heavy atom. The Labute approximate surface area is 126 Å². The van der Waals surface area contributed by atoms with E-state index >= 15 is 0 Å². The molecule has 0 aliphatic carbocycles. The van der Waals surface area contributed by atoms with Crippen molar-refractivity contribution in [3.05, 3.63) is 62.6 Å². The first kappa shape index (κ1) is 13.9. The van der Waals surface area contributed by atoms with Gasteiger partial charge in [-0.3, -0.25) is 0 Å². The van der Waals surface area contributed by atoms with Crippen molar-refractivity contribution in [2.45, 2.75) is 13.5 Å². The molecule has 0 amide bonds. The predicted molar refractivity (Wildman–Crippen MR) is 82.4 cm³/mol. The number of hydrogen-bond acceptors (Lipinski definition) is 2. The minimum Gasteiger partial charge on any atom is -0.380 e. The summed E-state index contributed by atoms with van der Waals surface area (Å²) in [4.78, 5) is 0. The van der Waals surface area contributed by atoms with Crippen molar-refractivity contribution in [1.82, 2.24) is 0 Å². The third kappa shape index (κ3) is 3.50. The van der Waals surface area contributed by atoms with Crippen LogP contribution in [0.15, 0.2) is 40.9 Å². The second-order valence-electron chi connectivity index (χ2n) is 4.24. The van der Waals surface area contributed by atoms with Gasteiger partial charge in [0, 0.05) is 16.0 Å². The molecule has 0 unspecified atom stereocenters. The summed E-state index contributed by atoms with van der Waals surface area (Å²) in [5.41, 5.74) is 3.69. The molecular weight excluding hydrogens is 324 g/mol. The van der Waals surface area contributed by atoms with Crippen LogP contribution >= 0.6 is 27.5 Å². The van der Waals surface area contributed by atoms with E-state index < -0.39 is 0 Å². The van der Waals surface area contributed by atoms with Gasteiger partial charge in [-0.15, -0.1) is 0 Å². The molecule has 19 heavy (non-hydrogen) atoms. The quantitative estimate of drug-likeness (QED) is 0.866. The van der Waals surface area contributed by atoms with Gasteiger partial charge in [-0.05, 0) is 42.3 Å². The lowest BCUT2D eigenvalue weighted by atomic mass is 10.1. The summed E-state index contributed by atoms with van der Waals surface area (Å²) in [6.45, 7) is 2.69. The van der Waals surface area contributed by atoms with Gasteiger partial charge in [0.25, 0.3) is 0 Å². The number of benzene rings is 2. The van der Waals surface area contributed by atoms with E-state index in [1.54, 1.807) is 18.2 Å². The fourth-order valence-corrected chi connectivity index (χ4v) is 2.30. The summed E-state index contributed by atoms with van der Waals surface area (Å²) in [6.07, 6.45) is 0. The Morgan fingerprint density at radius 1 is 1.26 bits per heavy atom. The summed E-state index contributed by atoms with van der Waals surface area (Å²) in [5.74, 6) is 0. The number of hydrogen-bond donors (Lipinski definition) is 1. The smallest absolute Gasteiger partial charge is 0.101 e. The maximum atomic E-state index is 9.05. The van der Waals surface area contributed by atoms with Crippen molar-refractivity contribution >= 4 is 33.2 Å². The molecular formula is C15H12BrClN2. The zero-order chi connectivity index (χ0) is 13.8. The first-order valence-electron chi connectivity index (χ1n) is 5.78. The van der Waals surface area contributed by atoms with Crippen LogP contribution in [0.3, 0.4) is 0 Å². The van der Waals surface area contributed by atoms with Crippen LogP contribution in [0.2, 0.25) is 5.02 Å². The molecule has 4 heteroatoms. The molecule has 2 nitrogen and oxygen atoms in total. The molecule has 0 bridgehead atoms. The van der Waals surface area contributed by atoms with Gasteiger partial charge in [0.1, 0.15) is 6.07 Å². The van der Waals surface area contributed by atoms with Crippen LogP contribution < -0.4 is 5.32 Å². The summed E-state index contributed by atoms with van der Waals surface area (Å²) in [7, 11) is 0. The molecule has 0 aliphatic rings. The average Bonchev–Trinajstić information content (AvgIpc) is 2.40. The van der Waals surface area contributed by atoms with Gasteiger partial charge in [0.05, 0.1) is 11.3 Å². The number of nitriles is 1. The van der Waals surface area contributed by atoms with Crippen LogP contribution in [-0.4, -0.2) is 0 Å². The SMILES string of the molecule is Cc1ccc(CNc2cc(Cl)ccc2C#N)cc1Br. The van der Waals surface area contributed by atoms with Crippen LogP contribution in [0, 0.1) is 18.3 Å². The highest BCUT2D eigenvalue weighted by molar-refractivity contribution is 9.10. The van der Waals surface area contributed by atoms with Crippen LogP contribution in [-0.2, 0) is 6.54 Å². The summed E-state index contributed by atoms with van der Waals surface area (Å²) in [5, 5.41) is 12.9. The van der Waals surface area contributed by atoms with Crippen LogP contribution in [0.5, 0.6) is 0 Å². The molecule has 0 aromatic heterocycles. The highest BCUT2D eigenvalue weighted by Crippen LogP contribution is 2.22. The number of halogens is 2. The minimum absolute atomic E-state index is 0.593. The largest absolute Gasteiger partial charge is 0.380 e. The molecule has 2 aromatic rings. The predicted octanol–water partition coefficient (Wildman–Crippen LogP) is 4.89. The molecule has 0 fully saturated rings. The zero-order valence-corrected chi connectivity index (χ0v) is 12.7. The maximum absolute atomic E-state index is 9.05. The third-order valence-electron chi connectivity index (χ3n) is 2.82. The molecule has 0 spiro atoms. The van der Waals surface area contributed by atoms with Crippen LogP contribution in [0.1, 0.15) is 16.7 Å². The van der Waals surface area contributed by atoms with Gasteiger partial charge in [0.15, 0.2) is 0 Å². The van der Waals surface area contributed by atoms with Crippen molar-refractivity contribution < 1.29 is 0 Å². The van der Waals surface area contributed by atoms with E-state index in [0.717, 1.165) is 15.7 Å². The molecule has 0 atom stereocenters. The molecule has 0 heterocycles. The van der Waals surface area contributed by atoms with Crippen molar-refractivity contribution in [2.24, 2.45) is 0 Å². The topological polar surface area (TPSA) is 35.8 Å².